The first-order valence-corrected chi connectivity index (χ1v) is 15.9. The van der Waals surface area contributed by atoms with Crippen molar-refractivity contribution in [2.24, 2.45) is 5.92 Å². The van der Waals surface area contributed by atoms with Crippen LogP contribution in [0, 0.1) is 12.8 Å². The lowest BCUT2D eigenvalue weighted by Gasteiger charge is -2.32. The van der Waals surface area contributed by atoms with Crippen LogP contribution >= 0.6 is 0 Å². The highest BCUT2D eigenvalue weighted by molar-refractivity contribution is 5.98. The number of aliphatic carboxylic acids is 1. The Bertz CT molecular complexity index is 1530. The molecule has 0 saturated heterocycles. The number of hydrazine groups is 2. The Balaban J connectivity index is 1.49. The van der Waals surface area contributed by atoms with Gasteiger partial charge in [0.2, 0.25) is 0 Å². The molecule has 7 nitrogen and oxygen atoms in total. The molecule has 0 radical (unpaired) electrons. The Labute approximate surface area is 256 Å². The van der Waals surface area contributed by atoms with Gasteiger partial charge in [-0.1, -0.05) is 64.1 Å². The monoisotopic (exact) mass is 582 g/mol. The quantitative estimate of drug-likeness (QED) is 0.244. The highest BCUT2D eigenvalue weighted by Gasteiger charge is 2.29. The Hall–Kier alpha value is -3.84. The van der Waals surface area contributed by atoms with E-state index in [1.54, 1.807) is 0 Å². The van der Waals surface area contributed by atoms with Crippen molar-refractivity contribution in [3.05, 3.63) is 92.5 Å². The number of carboxylic acid groups (broad SMARTS) is 1. The highest BCUT2D eigenvalue weighted by atomic mass is 16.4. The number of rotatable bonds is 10. The van der Waals surface area contributed by atoms with E-state index in [1.165, 1.54) is 16.7 Å². The van der Waals surface area contributed by atoms with Crippen LogP contribution in [0.3, 0.4) is 0 Å². The number of hydrogen-bond acceptors (Lipinski definition) is 5. The van der Waals surface area contributed by atoms with E-state index in [0.717, 1.165) is 77.0 Å². The molecule has 1 atom stereocenters. The Morgan fingerprint density at radius 1 is 0.977 bits per heavy atom. The number of benzene rings is 3. The number of carboxylic acids is 1. The third-order valence-electron chi connectivity index (χ3n) is 9.17. The minimum absolute atomic E-state index is 0.00561. The van der Waals surface area contributed by atoms with Crippen molar-refractivity contribution < 1.29 is 14.7 Å². The first-order chi connectivity index (χ1) is 20.7. The first kappa shape index (κ1) is 30.6. The summed E-state index contributed by atoms with van der Waals surface area (Å²) in [4.78, 5) is 28.3. The number of hydrogen-bond donors (Lipinski definition) is 3. The van der Waals surface area contributed by atoms with Gasteiger partial charge in [-0.15, -0.1) is 5.53 Å². The van der Waals surface area contributed by atoms with Crippen LogP contribution in [0.1, 0.15) is 102 Å². The summed E-state index contributed by atoms with van der Waals surface area (Å²) in [5, 5.41) is 12.0. The molecule has 0 fully saturated rings. The molecule has 5 rings (SSSR count). The number of anilines is 2. The van der Waals surface area contributed by atoms with Crippen molar-refractivity contribution in [2.45, 2.75) is 86.1 Å². The molecule has 0 aliphatic carbocycles. The van der Waals surface area contributed by atoms with Gasteiger partial charge in [-0.2, -0.15) is 0 Å². The summed E-state index contributed by atoms with van der Waals surface area (Å²) < 4.78 is 0. The van der Waals surface area contributed by atoms with Crippen molar-refractivity contribution in [3.8, 4) is 0 Å². The molecule has 2 heterocycles. The average Bonchev–Trinajstić information content (AvgIpc) is 3.43. The standard InChI is InChI=1S/C36H46N4O3/c1-7-24-10-12-26(18-22(4)5)29(8-2)34(24)36(43)39-17-16-25-11-13-27(19-28(25)21-39)31(20-33(41)42)30-14-15-32-35(23(30)6)37-38-40(32)9-3/h10-15,19,22,31,37-38H,7-9,16-18,20-21H2,1-6H3,(H,41,42)/t31-/m0/s1. The van der Waals surface area contributed by atoms with E-state index < -0.39 is 5.97 Å². The Morgan fingerprint density at radius 2 is 1.74 bits per heavy atom. The van der Waals surface area contributed by atoms with Crippen molar-refractivity contribution in [1.82, 2.24) is 10.4 Å². The minimum atomic E-state index is -0.832. The molecule has 0 aromatic heterocycles. The fourth-order valence-electron chi connectivity index (χ4n) is 6.95. The molecule has 3 N–H and O–H groups in total. The second kappa shape index (κ2) is 12.8. The second-order valence-corrected chi connectivity index (χ2v) is 12.4. The van der Waals surface area contributed by atoms with Crippen LogP contribution in [-0.4, -0.2) is 35.0 Å². The van der Waals surface area contributed by atoms with Crippen molar-refractivity contribution in [2.75, 3.05) is 23.5 Å². The number of amides is 1. The summed E-state index contributed by atoms with van der Waals surface area (Å²) in [5.74, 6) is -0.499. The van der Waals surface area contributed by atoms with Gasteiger partial charge in [-0.3, -0.25) is 14.6 Å². The van der Waals surface area contributed by atoms with Crippen molar-refractivity contribution >= 4 is 23.3 Å². The zero-order valence-electron chi connectivity index (χ0n) is 26.5. The summed E-state index contributed by atoms with van der Waals surface area (Å²) in [7, 11) is 0. The summed E-state index contributed by atoms with van der Waals surface area (Å²) in [6.45, 7) is 14.9. The van der Waals surface area contributed by atoms with Gasteiger partial charge < -0.3 is 15.4 Å². The maximum Gasteiger partial charge on any atom is 0.304 e. The van der Waals surface area contributed by atoms with E-state index in [2.05, 4.69) is 95.0 Å². The van der Waals surface area contributed by atoms with Gasteiger partial charge in [0.05, 0.1) is 17.8 Å². The van der Waals surface area contributed by atoms with Crippen LogP contribution in [0.5, 0.6) is 0 Å². The van der Waals surface area contributed by atoms with Gasteiger partial charge >= 0.3 is 5.97 Å². The Morgan fingerprint density at radius 3 is 2.42 bits per heavy atom. The maximum atomic E-state index is 14.2. The predicted molar refractivity (Wildman–Crippen MR) is 174 cm³/mol. The lowest BCUT2D eigenvalue weighted by atomic mass is 9.83. The molecule has 0 bridgehead atoms. The molecular formula is C36H46N4O3. The van der Waals surface area contributed by atoms with E-state index in [1.807, 2.05) is 9.91 Å². The van der Waals surface area contributed by atoms with Crippen LogP contribution < -0.4 is 16.0 Å². The topological polar surface area (TPSA) is 84.9 Å². The number of carbonyl (C=O) groups is 2. The van der Waals surface area contributed by atoms with Gasteiger partial charge in [0.15, 0.2) is 0 Å². The van der Waals surface area contributed by atoms with Crippen LogP contribution in [0.4, 0.5) is 11.4 Å². The molecule has 2 aliphatic rings. The molecule has 2 aliphatic heterocycles. The average molecular weight is 583 g/mol. The fourth-order valence-corrected chi connectivity index (χ4v) is 6.95. The highest BCUT2D eigenvalue weighted by Crippen LogP contribution is 2.40. The smallest absolute Gasteiger partial charge is 0.304 e. The zero-order valence-corrected chi connectivity index (χ0v) is 26.5. The molecule has 43 heavy (non-hydrogen) atoms. The van der Waals surface area contributed by atoms with E-state index in [4.69, 9.17) is 0 Å². The van der Waals surface area contributed by atoms with Crippen LogP contribution in [0.25, 0.3) is 0 Å². The van der Waals surface area contributed by atoms with Crippen molar-refractivity contribution in [3.63, 3.8) is 0 Å². The molecule has 0 saturated carbocycles. The minimum Gasteiger partial charge on any atom is -0.481 e. The van der Waals surface area contributed by atoms with Crippen LogP contribution in [0.2, 0.25) is 0 Å². The van der Waals surface area contributed by atoms with E-state index >= 15 is 0 Å². The number of nitrogens with one attached hydrogen (secondary N) is 2. The summed E-state index contributed by atoms with van der Waals surface area (Å²) in [5.41, 5.74) is 18.3. The zero-order chi connectivity index (χ0) is 30.8. The largest absolute Gasteiger partial charge is 0.481 e. The van der Waals surface area contributed by atoms with Gasteiger partial charge in [0, 0.05) is 31.1 Å². The van der Waals surface area contributed by atoms with Crippen LogP contribution in [0.15, 0.2) is 42.5 Å². The third kappa shape index (κ3) is 6.00. The molecular weight excluding hydrogens is 536 g/mol. The summed E-state index contributed by atoms with van der Waals surface area (Å²) >= 11 is 0. The normalized spacial score (nSPS) is 14.9. The van der Waals surface area contributed by atoms with Gasteiger partial charge in [-0.25, -0.2) is 0 Å². The summed E-state index contributed by atoms with van der Waals surface area (Å²) in [6.07, 6.45) is 3.41. The molecule has 1 amide bonds. The van der Waals surface area contributed by atoms with Crippen LogP contribution in [-0.2, 0) is 37.0 Å². The lowest BCUT2D eigenvalue weighted by Crippen LogP contribution is -2.37. The van der Waals surface area contributed by atoms with E-state index in [-0.39, 0.29) is 18.2 Å². The lowest BCUT2D eigenvalue weighted by molar-refractivity contribution is -0.137. The molecule has 228 valence electrons. The van der Waals surface area contributed by atoms with Gasteiger partial charge in [-0.05, 0) is 96.0 Å². The van der Waals surface area contributed by atoms with Crippen molar-refractivity contribution in [1.29, 1.82) is 0 Å². The molecule has 3 aromatic rings. The molecule has 0 unspecified atom stereocenters. The third-order valence-corrected chi connectivity index (χ3v) is 9.17. The fraction of sp³-hybridized carbons (Fsp3) is 0.444. The number of nitrogens with zero attached hydrogens (tertiary/aromatic N) is 2. The van der Waals surface area contributed by atoms with E-state index in [0.29, 0.717) is 19.0 Å². The summed E-state index contributed by atoms with van der Waals surface area (Å²) in [6, 6.07) is 14.9. The van der Waals surface area contributed by atoms with E-state index in [9.17, 15) is 14.7 Å². The Kier molecular flexibility index (Phi) is 9.11. The molecule has 7 heteroatoms. The first-order valence-electron chi connectivity index (χ1n) is 15.9. The number of fused-ring (bicyclic) bond motifs is 2. The number of carbonyl (C=O) groups excluding carboxylic acids is 1. The predicted octanol–water partition coefficient (Wildman–Crippen LogP) is 6.79. The molecule has 3 aromatic carbocycles. The SMILES string of the molecule is CCc1ccc(CC(C)C)c(CC)c1C(=O)N1CCc2ccc([C@H](CC(=O)O)c3ccc4c(c3C)NNN4CC)cc2C1. The van der Waals surface area contributed by atoms with Gasteiger partial charge in [0.25, 0.3) is 5.91 Å². The maximum absolute atomic E-state index is 14.2. The van der Waals surface area contributed by atoms with Gasteiger partial charge in [0.1, 0.15) is 0 Å². The second-order valence-electron chi connectivity index (χ2n) is 12.4. The molecule has 0 spiro atoms. The number of aryl methyl sites for hydroxylation is 1.